The van der Waals surface area contributed by atoms with Gasteiger partial charge in [-0.25, -0.2) is 4.79 Å². The molecule has 1 aromatic rings. The Morgan fingerprint density at radius 3 is 2.17 bits per heavy atom. The third-order valence-electron chi connectivity index (χ3n) is 1.09. The Bertz CT molecular complexity index is 220. The number of rotatable bonds is 1. The molecule has 0 saturated heterocycles. The minimum Gasteiger partial charge on any atom is -0.400 e. The average molecular weight is 170 g/mol. The van der Waals surface area contributed by atoms with Crippen LogP contribution in [0.5, 0.6) is 0 Å². The molecule has 0 radical (unpaired) electrons. The fourth-order valence-electron chi connectivity index (χ4n) is 0.627. The van der Waals surface area contributed by atoms with Crippen LogP contribution in [0.2, 0.25) is 0 Å². The molecule has 66 valence electrons. The van der Waals surface area contributed by atoms with Gasteiger partial charge in [0.15, 0.2) is 0 Å². The van der Waals surface area contributed by atoms with Crippen LogP contribution in [0.1, 0.15) is 10.4 Å². The fourth-order valence-corrected chi connectivity index (χ4v) is 0.627. The van der Waals surface area contributed by atoms with Crippen LogP contribution in [0, 0.1) is 0 Å². The van der Waals surface area contributed by atoms with E-state index in [1.807, 2.05) is 0 Å². The number of aliphatic hydroxyl groups is 1. The van der Waals surface area contributed by atoms with Crippen molar-refractivity contribution in [2.24, 2.45) is 0 Å². The summed E-state index contributed by atoms with van der Waals surface area (Å²) in [4.78, 5) is 14.0. The monoisotopic (exact) mass is 170 g/mol. The molecule has 0 fully saturated rings. The van der Waals surface area contributed by atoms with Gasteiger partial charge in [-0.15, -0.1) is 0 Å². The molecule has 2 N–H and O–H groups in total. The minimum atomic E-state index is -0.736. The van der Waals surface area contributed by atoms with E-state index in [-0.39, 0.29) is 0 Å². The number of aliphatic hydroxyl groups excluding tert-OH is 1. The first-order valence-electron chi connectivity index (χ1n) is 3.20. The molecule has 0 bridgehead atoms. The SMILES string of the molecule is CO.O=C(OO)c1ccccc1. The van der Waals surface area contributed by atoms with Gasteiger partial charge in [-0.3, -0.25) is 4.89 Å². The van der Waals surface area contributed by atoms with Crippen molar-refractivity contribution in [3.63, 3.8) is 0 Å². The van der Waals surface area contributed by atoms with Crippen molar-refractivity contribution in [3.05, 3.63) is 35.9 Å². The highest BCUT2D eigenvalue weighted by atomic mass is 17.1. The highest BCUT2D eigenvalue weighted by Crippen LogP contribution is 1.98. The van der Waals surface area contributed by atoms with Crippen molar-refractivity contribution in [3.8, 4) is 0 Å². The van der Waals surface area contributed by atoms with Crippen molar-refractivity contribution >= 4 is 5.97 Å². The zero-order chi connectivity index (χ0) is 9.40. The molecule has 0 aliphatic heterocycles. The second kappa shape index (κ2) is 6.33. The Morgan fingerprint density at radius 1 is 1.25 bits per heavy atom. The Balaban J connectivity index is 0.000000561. The van der Waals surface area contributed by atoms with E-state index >= 15 is 0 Å². The lowest BCUT2D eigenvalue weighted by molar-refractivity contribution is -0.182. The maximum Gasteiger partial charge on any atom is 0.372 e. The molecule has 1 aromatic carbocycles. The summed E-state index contributed by atoms with van der Waals surface area (Å²) in [5.74, 6) is -0.736. The van der Waals surface area contributed by atoms with E-state index in [9.17, 15) is 4.79 Å². The number of carbonyl (C=O) groups excluding carboxylic acids is 1. The molecule has 0 aliphatic carbocycles. The molecule has 0 aliphatic rings. The van der Waals surface area contributed by atoms with Gasteiger partial charge in [-0.1, -0.05) is 18.2 Å². The predicted molar refractivity (Wildman–Crippen MR) is 42.6 cm³/mol. The van der Waals surface area contributed by atoms with Crippen LogP contribution >= 0.6 is 0 Å². The first-order chi connectivity index (χ1) is 5.84. The van der Waals surface area contributed by atoms with Crippen molar-refractivity contribution in [1.29, 1.82) is 0 Å². The summed E-state index contributed by atoms with van der Waals surface area (Å²) in [6.07, 6.45) is 0. The highest BCUT2D eigenvalue weighted by molar-refractivity contribution is 5.88. The van der Waals surface area contributed by atoms with Crippen LogP contribution in [-0.2, 0) is 4.89 Å². The highest BCUT2D eigenvalue weighted by Gasteiger charge is 2.02. The predicted octanol–water partition coefficient (Wildman–Crippen LogP) is 0.925. The summed E-state index contributed by atoms with van der Waals surface area (Å²) in [7, 11) is 1.00. The molecule has 0 saturated carbocycles. The van der Waals surface area contributed by atoms with E-state index in [4.69, 9.17) is 10.4 Å². The smallest absolute Gasteiger partial charge is 0.372 e. The van der Waals surface area contributed by atoms with Gasteiger partial charge < -0.3 is 5.11 Å². The average Bonchev–Trinajstić information content (AvgIpc) is 2.21. The van der Waals surface area contributed by atoms with Crippen LogP contribution in [0.15, 0.2) is 30.3 Å². The third-order valence-corrected chi connectivity index (χ3v) is 1.09. The molecule has 0 heterocycles. The van der Waals surface area contributed by atoms with E-state index in [0.29, 0.717) is 5.56 Å². The van der Waals surface area contributed by atoms with E-state index in [0.717, 1.165) is 7.11 Å². The van der Waals surface area contributed by atoms with Crippen LogP contribution in [0.4, 0.5) is 0 Å². The van der Waals surface area contributed by atoms with Gasteiger partial charge in [-0.2, -0.15) is 5.26 Å². The summed E-state index contributed by atoms with van der Waals surface area (Å²) < 4.78 is 0. The summed E-state index contributed by atoms with van der Waals surface area (Å²) in [6, 6.07) is 8.25. The zero-order valence-corrected chi connectivity index (χ0v) is 6.60. The maximum absolute atomic E-state index is 10.5. The molecule has 0 atom stereocenters. The lowest BCUT2D eigenvalue weighted by atomic mass is 10.2. The Hall–Kier alpha value is -1.39. The van der Waals surface area contributed by atoms with E-state index in [2.05, 4.69) is 4.89 Å². The van der Waals surface area contributed by atoms with Crippen LogP contribution in [0.25, 0.3) is 0 Å². The Labute approximate surface area is 70.0 Å². The molecule has 1 rings (SSSR count). The van der Waals surface area contributed by atoms with Crippen molar-refractivity contribution < 1.29 is 20.0 Å². The fraction of sp³-hybridized carbons (Fsp3) is 0.125. The van der Waals surface area contributed by atoms with Gasteiger partial charge in [-0.05, 0) is 12.1 Å². The molecule has 12 heavy (non-hydrogen) atoms. The molecular formula is C8H10O4. The molecule has 0 amide bonds. The van der Waals surface area contributed by atoms with Gasteiger partial charge in [0, 0.05) is 7.11 Å². The first-order valence-corrected chi connectivity index (χ1v) is 3.20. The van der Waals surface area contributed by atoms with Crippen LogP contribution in [-0.4, -0.2) is 23.4 Å². The number of hydrogen-bond acceptors (Lipinski definition) is 4. The molecular weight excluding hydrogens is 160 g/mol. The number of benzene rings is 1. The standard InChI is InChI=1S/C7H6O3.CH4O/c8-7(10-9)6-4-2-1-3-5-6;1-2/h1-5,9H;2H,1H3. The normalized spacial score (nSPS) is 7.92. The van der Waals surface area contributed by atoms with Gasteiger partial charge in [0.2, 0.25) is 0 Å². The summed E-state index contributed by atoms with van der Waals surface area (Å²) in [5, 5.41) is 14.9. The first kappa shape index (κ1) is 10.6. The second-order valence-electron chi connectivity index (χ2n) is 1.74. The minimum absolute atomic E-state index is 0.338. The molecule has 0 aromatic heterocycles. The second-order valence-corrected chi connectivity index (χ2v) is 1.74. The summed E-state index contributed by atoms with van der Waals surface area (Å²) in [5.41, 5.74) is 0.338. The van der Waals surface area contributed by atoms with Crippen LogP contribution < -0.4 is 0 Å². The topological polar surface area (TPSA) is 66.8 Å². The molecule has 0 unspecified atom stereocenters. The molecule has 4 heteroatoms. The maximum atomic E-state index is 10.5. The van der Waals surface area contributed by atoms with Gasteiger partial charge >= 0.3 is 5.97 Å². The van der Waals surface area contributed by atoms with Gasteiger partial charge in [0.05, 0.1) is 5.56 Å². The van der Waals surface area contributed by atoms with E-state index in [1.54, 1.807) is 30.3 Å². The number of carbonyl (C=O) groups is 1. The van der Waals surface area contributed by atoms with E-state index in [1.165, 1.54) is 0 Å². The summed E-state index contributed by atoms with van der Waals surface area (Å²) in [6.45, 7) is 0. The number of hydrogen-bond donors (Lipinski definition) is 2. The molecule has 0 spiro atoms. The zero-order valence-electron chi connectivity index (χ0n) is 6.60. The molecule has 4 nitrogen and oxygen atoms in total. The Kier molecular flexibility index (Phi) is 5.60. The van der Waals surface area contributed by atoms with Crippen molar-refractivity contribution in [2.75, 3.05) is 7.11 Å². The van der Waals surface area contributed by atoms with Crippen molar-refractivity contribution in [1.82, 2.24) is 0 Å². The quantitative estimate of drug-likeness (QED) is 0.486. The van der Waals surface area contributed by atoms with E-state index < -0.39 is 5.97 Å². The lowest BCUT2D eigenvalue weighted by Gasteiger charge is -1.92. The van der Waals surface area contributed by atoms with Gasteiger partial charge in [0.1, 0.15) is 0 Å². The lowest BCUT2D eigenvalue weighted by Crippen LogP contribution is -2.00. The largest absolute Gasteiger partial charge is 0.400 e. The van der Waals surface area contributed by atoms with Crippen LogP contribution in [0.3, 0.4) is 0 Å². The third kappa shape index (κ3) is 3.14. The summed E-state index contributed by atoms with van der Waals surface area (Å²) >= 11 is 0. The van der Waals surface area contributed by atoms with Gasteiger partial charge in [0.25, 0.3) is 0 Å². The van der Waals surface area contributed by atoms with Crippen molar-refractivity contribution in [2.45, 2.75) is 0 Å². The Morgan fingerprint density at radius 2 is 1.75 bits per heavy atom.